The molecule has 0 spiro atoms. The quantitative estimate of drug-likeness (QED) is 0.0721. The highest BCUT2D eigenvalue weighted by Crippen LogP contribution is 2.15. The average molecular weight is 527 g/mol. The summed E-state index contributed by atoms with van der Waals surface area (Å²) in [5, 5.41) is 9.45. The van der Waals surface area contributed by atoms with Crippen molar-refractivity contribution in [2.75, 3.05) is 19.8 Å². The van der Waals surface area contributed by atoms with Gasteiger partial charge in [-0.1, -0.05) is 162 Å². The fourth-order valence-corrected chi connectivity index (χ4v) is 4.92. The first-order valence-electron chi connectivity index (χ1n) is 16.6. The Labute approximate surface area is 232 Å². The number of ether oxygens (including phenoxy) is 2. The second-order valence-electron chi connectivity index (χ2n) is 11.3. The maximum atomic E-state index is 12.0. The van der Waals surface area contributed by atoms with E-state index in [0.717, 1.165) is 19.3 Å². The van der Waals surface area contributed by atoms with Gasteiger partial charge in [-0.3, -0.25) is 4.79 Å². The first-order valence-corrected chi connectivity index (χ1v) is 16.6. The van der Waals surface area contributed by atoms with Crippen molar-refractivity contribution in [2.24, 2.45) is 0 Å². The van der Waals surface area contributed by atoms with Crippen LogP contribution in [0.25, 0.3) is 0 Å². The topological polar surface area (TPSA) is 55.8 Å². The molecule has 0 aromatic rings. The summed E-state index contributed by atoms with van der Waals surface area (Å²) in [6.07, 6.45) is 32.9. The molecule has 0 saturated heterocycles. The van der Waals surface area contributed by atoms with E-state index in [2.05, 4.69) is 13.8 Å². The number of unbranched alkanes of at least 4 members (excludes halogenated alkanes) is 23. The number of hydrogen-bond donors (Lipinski definition) is 1. The van der Waals surface area contributed by atoms with Crippen molar-refractivity contribution >= 4 is 5.97 Å². The first-order chi connectivity index (χ1) is 18.2. The summed E-state index contributed by atoms with van der Waals surface area (Å²) in [7, 11) is 0. The van der Waals surface area contributed by atoms with Crippen LogP contribution in [0.1, 0.15) is 181 Å². The maximum absolute atomic E-state index is 12.0. The molecule has 0 radical (unpaired) electrons. The Kier molecular flexibility index (Phi) is 31.1. The van der Waals surface area contributed by atoms with Gasteiger partial charge in [0.25, 0.3) is 0 Å². The van der Waals surface area contributed by atoms with Gasteiger partial charge in [0.1, 0.15) is 6.10 Å². The van der Waals surface area contributed by atoms with E-state index in [1.807, 2.05) is 0 Å². The van der Waals surface area contributed by atoms with Gasteiger partial charge in [-0.2, -0.15) is 0 Å². The molecule has 0 aromatic carbocycles. The SMILES string of the molecule is CCCCCCCCCCCCCCCCCCCCCC(=O)OC(CO)COCCCCCCCC. The van der Waals surface area contributed by atoms with Crippen LogP contribution in [0.15, 0.2) is 0 Å². The van der Waals surface area contributed by atoms with Crippen molar-refractivity contribution in [2.45, 2.75) is 187 Å². The van der Waals surface area contributed by atoms with Gasteiger partial charge in [-0.15, -0.1) is 0 Å². The van der Waals surface area contributed by atoms with E-state index in [9.17, 15) is 9.90 Å². The molecule has 0 bridgehead atoms. The van der Waals surface area contributed by atoms with Crippen LogP contribution < -0.4 is 0 Å². The second kappa shape index (κ2) is 31.6. The zero-order valence-corrected chi connectivity index (χ0v) is 25.3. The van der Waals surface area contributed by atoms with E-state index >= 15 is 0 Å². The molecule has 0 aliphatic carbocycles. The predicted octanol–water partition coefficient (Wildman–Crippen LogP) is 10.1. The monoisotopic (exact) mass is 526 g/mol. The Morgan fingerprint density at radius 3 is 1.27 bits per heavy atom. The van der Waals surface area contributed by atoms with Crippen LogP contribution in [0.2, 0.25) is 0 Å². The summed E-state index contributed by atoms with van der Waals surface area (Å²) < 4.78 is 11.0. The molecule has 1 unspecified atom stereocenters. The lowest BCUT2D eigenvalue weighted by Crippen LogP contribution is -2.27. The van der Waals surface area contributed by atoms with E-state index in [-0.39, 0.29) is 12.6 Å². The lowest BCUT2D eigenvalue weighted by Gasteiger charge is -2.15. The van der Waals surface area contributed by atoms with Gasteiger partial charge in [0.05, 0.1) is 13.2 Å². The predicted molar refractivity (Wildman–Crippen MR) is 159 cm³/mol. The van der Waals surface area contributed by atoms with Gasteiger partial charge in [-0.25, -0.2) is 0 Å². The third kappa shape index (κ3) is 29.8. The summed E-state index contributed by atoms with van der Waals surface area (Å²) in [5.74, 6) is -0.200. The normalized spacial score (nSPS) is 12.2. The minimum Gasteiger partial charge on any atom is -0.457 e. The largest absolute Gasteiger partial charge is 0.457 e. The van der Waals surface area contributed by atoms with Gasteiger partial charge in [0, 0.05) is 13.0 Å². The van der Waals surface area contributed by atoms with Crippen molar-refractivity contribution in [1.82, 2.24) is 0 Å². The minimum atomic E-state index is -0.520. The second-order valence-corrected chi connectivity index (χ2v) is 11.3. The van der Waals surface area contributed by atoms with Crippen molar-refractivity contribution in [3.63, 3.8) is 0 Å². The Morgan fingerprint density at radius 2 is 0.892 bits per heavy atom. The van der Waals surface area contributed by atoms with E-state index < -0.39 is 6.10 Å². The molecule has 0 aliphatic rings. The Morgan fingerprint density at radius 1 is 0.541 bits per heavy atom. The number of carbonyl (C=O) groups excluding carboxylic acids is 1. The van der Waals surface area contributed by atoms with Crippen molar-refractivity contribution in [3.05, 3.63) is 0 Å². The van der Waals surface area contributed by atoms with Crippen molar-refractivity contribution < 1.29 is 19.4 Å². The van der Waals surface area contributed by atoms with E-state index in [0.29, 0.717) is 19.6 Å². The fourth-order valence-electron chi connectivity index (χ4n) is 4.92. The molecule has 37 heavy (non-hydrogen) atoms. The molecule has 0 saturated carbocycles. The Hall–Kier alpha value is -0.610. The lowest BCUT2D eigenvalue weighted by atomic mass is 10.0. The van der Waals surface area contributed by atoms with Crippen LogP contribution in [0, 0.1) is 0 Å². The molecular formula is C33H66O4. The number of esters is 1. The lowest BCUT2D eigenvalue weighted by molar-refractivity contribution is -0.154. The molecule has 4 heteroatoms. The highest BCUT2D eigenvalue weighted by atomic mass is 16.6. The van der Waals surface area contributed by atoms with Crippen LogP contribution in [-0.2, 0) is 14.3 Å². The molecule has 1 N–H and O–H groups in total. The standard InChI is InChI=1S/C33H66O4/c1-3-5-7-9-11-12-13-14-15-16-17-18-19-20-21-22-23-24-26-28-33(35)37-32(30-34)31-36-29-27-25-10-8-6-4-2/h32,34H,3-31H2,1-2H3. The van der Waals surface area contributed by atoms with Crippen LogP contribution in [0.3, 0.4) is 0 Å². The number of aliphatic hydroxyl groups excluding tert-OH is 1. The molecule has 4 nitrogen and oxygen atoms in total. The van der Waals surface area contributed by atoms with Gasteiger partial charge >= 0.3 is 5.97 Å². The molecule has 1 atom stereocenters. The molecule has 222 valence electrons. The van der Waals surface area contributed by atoms with Gasteiger partial charge < -0.3 is 14.6 Å². The van der Waals surface area contributed by atoms with Crippen molar-refractivity contribution in [3.8, 4) is 0 Å². The molecule has 0 aliphatic heterocycles. The summed E-state index contributed by atoms with van der Waals surface area (Å²) in [5.41, 5.74) is 0. The Bertz CT molecular complexity index is 440. The first kappa shape index (κ1) is 36.4. The summed E-state index contributed by atoms with van der Waals surface area (Å²) >= 11 is 0. The third-order valence-corrected chi connectivity index (χ3v) is 7.43. The van der Waals surface area contributed by atoms with Gasteiger partial charge in [-0.05, 0) is 12.8 Å². The van der Waals surface area contributed by atoms with Gasteiger partial charge in [0.2, 0.25) is 0 Å². The minimum absolute atomic E-state index is 0.165. The smallest absolute Gasteiger partial charge is 0.306 e. The summed E-state index contributed by atoms with van der Waals surface area (Å²) in [6.45, 7) is 5.33. The molecule has 0 aromatic heterocycles. The zero-order chi connectivity index (χ0) is 27.1. The fraction of sp³-hybridized carbons (Fsp3) is 0.970. The molecule has 0 rings (SSSR count). The molecule has 0 amide bonds. The maximum Gasteiger partial charge on any atom is 0.306 e. The van der Waals surface area contributed by atoms with Crippen LogP contribution in [-0.4, -0.2) is 37.0 Å². The van der Waals surface area contributed by atoms with Crippen molar-refractivity contribution in [1.29, 1.82) is 0 Å². The van der Waals surface area contributed by atoms with Gasteiger partial charge in [0.15, 0.2) is 0 Å². The number of carbonyl (C=O) groups is 1. The highest BCUT2D eigenvalue weighted by molar-refractivity contribution is 5.69. The molecular weight excluding hydrogens is 460 g/mol. The van der Waals surface area contributed by atoms with E-state index in [1.54, 1.807) is 0 Å². The number of rotatable bonds is 31. The Balaban J connectivity index is 3.34. The van der Waals surface area contributed by atoms with Crippen LogP contribution in [0.4, 0.5) is 0 Å². The summed E-state index contributed by atoms with van der Waals surface area (Å²) in [6, 6.07) is 0. The van der Waals surface area contributed by atoms with E-state index in [1.165, 1.54) is 141 Å². The number of aliphatic hydroxyl groups is 1. The zero-order valence-electron chi connectivity index (χ0n) is 25.3. The average Bonchev–Trinajstić information content (AvgIpc) is 2.90. The van der Waals surface area contributed by atoms with E-state index in [4.69, 9.17) is 9.47 Å². The number of hydrogen-bond acceptors (Lipinski definition) is 4. The highest BCUT2D eigenvalue weighted by Gasteiger charge is 2.13. The third-order valence-electron chi connectivity index (χ3n) is 7.43. The van der Waals surface area contributed by atoms with Crippen LogP contribution >= 0.6 is 0 Å². The van der Waals surface area contributed by atoms with Crippen LogP contribution in [0.5, 0.6) is 0 Å². The molecule has 0 fully saturated rings. The molecule has 0 heterocycles. The summed E-state index contributed by atoms with van der Waals surface area (Å²) in [4.78, 5) is 12.0.